The smallest absolute Gasteiger partial charge is 0.327 e. The summed E-state index contributed by atoms with van der Waals surface area (Å²) in [6.45, 7) is 3.52. The number of hydrogen-bond acceptors (Lipinski definition) is 2. The Hall–Kier alpha value is -1.70. The van der Waals surface area contributed by atoms with E-state index in [0.717, 1.165) is 19.3 Å². The van der Waals surface area contributed by atoms with Gasteiger partial charge in [0.2, 0.25) is 0 Å². The molecule has 0 radical (unpaired) electrons. The molecular formula is C13H20N2O3. The standard InChI is InChI=1S/C13H20N2O3/c1-3-5-11(12(16)17)14-13(18)15-8-6-10(4-2)7-9-15/h1,10-11H,4-9H2,2H3,(H,14,18)(H,16,17). The third-order valence-corrected chi connectivity index (χ3v) is 3.40. The van der Waals surface area contributed by atoms with Gasteiger partial charge in [-0.3, -0.25) is 0 Å². The van der Waals surface area contributed by atoms with Gasteiger partial charge in [0.1, 0.15) is 6.04 Å². The summed E-state index contributed by atoms with van der Waals surface area (Å²) in [6.07, 6.45) is 8.18. The number of carbonyl (C=O) groups excluding carboxylic acids is 1. The minimum atomic E-state index is -1.09. The normalized spacial score (nSPS) is 17.9. The van der Waals surface area contributed by atoms with Crippen molar-refractivity contribution in [1.29, 1.82) is 0 Å². The van der Waals surface area contributed by atoms with Gasteiger partial charge in [-0.2, -0.15) is 0 Å². The van der Waals surface area contributed by atoms with Gasteiger partial charge in [-0.25, -0.2) is 9.59 Å². The Kier molecular flexibility index (Phi) is 5.50. The van der Waals surface area contributed by atoms with Gasteiger partial charge in [0, 0.05) is 19.5 Å². The van der Waals surface area contributed by atoms with Crippen molar-refractivity contribution in [3.63, 3.8) is 0 Å². The number of aliphatic carboxylic acids is 1. The van der Waals surface area contributed by atoms with Gasteiger partial charge in [-0.15, -0.1) is 12.3 Å². The Balaban J connectivity index is 2.45. The molecule has 1 aliphatic heterocycles. The Morgan fingerprint density at radius 3 is 2.56 bits per heavy atom. The van der Waals surface area contributed by atoms with Crippen LogP contribution < -0.4 is 5.32 Å². The Bertz CT molecular complexity index is 341. The number of nitrogens with one attached hydrogen (secondary N) is 1. The van der Waals surface area contributed by atoms with Crippen molar-refractivity contribution >= 4 is 12.0 Å². The van der Waals surface area contributed by atoms with Crippen LogP contribution in [-0.4, -0.2) is 41.1 Å². The average Bonchev–Trinajstić information content (AvgIpc) is 2.38. The molecular weight excluding hydrogens is 232 g/mol. The Labute approximate surface area is 108 Å². The van der Waals surface area contributed by atoms with Gasteiger partial charge in [0.25, 0.3) is 0 Å². The number of terminal acetylenes is 1. The van der Waals surface area contributed by atoms with E-state index < -0.39 is 12.0 Å². The molecule has 1 heterocycles. The van der Waals surface area contributed by atoms with E-state index in [0.29, 0.717) is 19.0 Å². The molecule has 5 heteroatoms. The van der Waals surface area contributed by atoms with E-state index in [1.165, 1.54) is 0 Å². The van der Waals surface area contributed by atoms with Crippen LogP contribution in [0.25, 0.3) is 0 Å². The fraction of sp³-hybridized carbons (Fsp3) is 0.692. The lowest BCUT2D eigenvalue weighted by Crippen LogP contribution is -2.50. The van der Waals surface area contributed by atoms with Crippen LogP contribution in [0.4, 0.5) is 4.79 Å². The van der Waals surface area contributed by atoms with Crippen molar-refractivity contribution in [3.8, 4) is 12.3 Å². The number of hydrogen-bond donors (Lipinski definition) is 2. The zero-order valence-electron chi connectivity index (χ0n) is 10.7. The largest absolute Gasteiger partial charge is 0.480 e. The molecule has 0 aromatic carbocycles. The third-order valence-electron chi connectivity index (χ3n) is 3.40. The first-order valence-corrected chi connectivity index (χ1v) is 6.30. The highest BCUT2D eigenvalue weighted by molar-refractivity contribution is 5.82. The molecule has 1 aliphatic rings. The second-order valence-electron chi connectivity index (χ2n) is 4.59. The molecule has 0 aliphatic carbocycles. The summed E-state index contributed by atoms with van der Waals surface area (Å²) in [5.74, 6) is 1.84. The van der Waals surface area contributed by atoms with Crippen LogP contribution in [0.15, 0.2) is 0 Å². The van der Waals surface area contributed by atoms with E-state index in [1.807, 2.05) is 0 Å². The Morgan fingerprint density at radius 2 is 2.11 bits per heavy atom. The molecule has 1 fully saturated rings. The summed E-state index contributed by atoms with van der Waals surface area (Å²) >= 11 is 0. The lowest BCUT2D eigenvalue weighted by atomic mass is 9.95. The van der Waals surface area contributed by atoms with Crippen LogP contribution in [0.1, 0.15) is 32.6 Å². The minimum Gasteiger partial charge on any atom is -0.480 e. The van der Waals surface area contributed by atoms with Gasteiger partial charge < -0.3 is 15.3 Å². The van der Waals surface area contributed by atoms with Crippen LogP contribution in [-0.2, 0) is 4.79 Å². The summed E-state index contributed by atoms with van der Waals surface area (Å²) in [6, 6.07) is -1.32. The second-order valence-corrected chi connectivity index (χ2v) is 4.59. The number of carbonyl (C=O) groups is 2. The molecule has 0 bridgehead atoms. The number of carboxylic acid groups (broad SMARTS) is 1. The zero-order valence-corrected chi connectivity index (χ0v) is 10.7. The van der Waals surface area contributed by atoms with Gasteiger partial charge in [-0.05, 0) is 18.8 Å². The molecule has 1 unspecified atom stereocenters. The number of carboxylic acids is 1. The van der Waals surface area contributed by atoms with E-state index in [-0.39, 0.29) is 12.5 Å². The van der Waals surface area contributed by atoms with Crippen LogP contribution in [0.5, 0.6) is 0 Å². The number of rotatable bonds is 4. The topological polar surface area (TPSA) is 69.6 Å². The van der Waals surface area contributed by atoms with E-state index in [2.05, 4.69) is 18.2 Å². The molecule has 1 atom stereocenters. The van der Waals surface area contributed by atoms with Crippen LogP contribution in [0, 0.1) is 18.3 Å². The van der Waals surface area contributed by atoms with Crippen molar-refractivity contribution in [2.75, 3.05) is 13.1 Å². The summed E-state index contributed by atoms with van der Waals surface area (Å²) in [4.78, 5) is 24.4. The maximum absolute atomic E-state index is 11.9. The van der Waals surface area contributed by atoms with Crippen molar-refractivity contribution in [2.24, 2.45) is 5.92 Å². The Morgan fingerprint density at radius 1 is 1.50 bits per heavy atom. The van der Waals surface area contributed by atoms with E-state index in [1.54, 1.807) is 4.90 Å². The van der Waals surface area contributed by atoms with Gasteiger partial charge in [-0.1, -0.05) is 13.3 Å². The van der Waals surface area contributed by atoms with Crippen LogP contribution in [0.3, 0.4) is 0 Å². The summed E-state index contributed by atoms with van der Waals surface area (Å²) < 4.78 is 0. The number of piperidine rings is 1. The number of urea groups is 1. The zero-order chi connectivity index (χ0) is 13.5. The van der Waals surface area contributed by atoms with Crippen LogP contribution >= 0.6 is 0 Å². The summed E-state index contributed by atoms with van der Waals surface area (Å²) in [5.41, 5.74) is 0. The van der Waals surface area contributed by atoms with Crippen molar-refractivity contribution < 1.29 is 14.7 Å². The lowest BCUT2D eigenvalue weighted by molar-refractivity contribution is -0.139. The fourth-order valence-electron chi connectivity index (χ4n) is 2.10. The molecule has 0 aromatic rings. The molecule has 0 spiro atoms. The second kappa shape index (κ2) is 6.90. The number of likely N-dealkylation sites (tertiary alicyclic amines) is 1. The first-order chi connectivity index (χ1) is 8.58. The monoisotopic (exact) mass is 252 g/mol. The SMILES string of the molecule is C#CCC(NC(=O)N1CCC(CC)CC1)C(=O)O. The summed E-state index contributed by atoms with van der Waals surface area (Å²) in [5, 5.41) is 11.4. The molecule has 0 aromatic heterocycles. The fourth-order valence-corrected chi connectivity index (χ4v) is 2.10. The van der Waals surface area contributed by atoms with E-state index >= 15 is 0 Å². The average molecular weight is 252 g/mol. The highest BCUT2D eigenvalue weighted by atomic mass is 16.4. The quantitative estimate of drug-likeness (QED) is 0.741. The van der Waals surface area contributed by atoms with Crippen LogP contribution in [0.2, 0.25) is 0 Å². The third kappa shape index (κ3) is 3.95. The van der Waals surface area contributed by atoms with Gasteiger partial charge >= 0.3 is 12.0 Å². The number of amides is 2. The highest BCUT2D eigenvalue weighted by Gasteiger charge is 2.25. The minimum absolute atomic E-state index is 0.00645. The molecule has 2 amide bonds. The first-order valence-electron chi connectivity index (χ1n) is 6.30. The lowest BCUT2D eigenvalue weighted by Gasteiger charge is -2.32. The van der Waals surface area contributed by atoms with Crippen molar-refractivity contribution in [3.05, 3.63) is 0 Å². The predicted molar refractivity (Wildman–Crippen MR) is 68.0 cm³/mol. The summed E-state index contributed by atoms with van der Waals surface area (Å²) in [7, 11) is 0. The molecule has 1 saturated heterocycles. The predicted octanol–water partition coefficient (Wildman–Crippen LogP) is 1.29. The molecule has 1 rings (SSSR count). The molecule has 100 valence electrons. The van der Waals surface area contributed by atoms with E-state index in [9.17, 15) is 9.59 Å². The van der Waals surface area contributed by atoms with E-state index in [4.69, 9.17) is 11.5 Å². The van der Waals surface area contributed by atoms with Crippen molar-refractivity contribution in [2.45, 2.75) is 38.6 Å². The maximum Gasteiger partial charge on any atom is 0.327 e. The van der Waals surface area contributed by atoms with Crippen molar-refractivity contribution in [1.82, 2.24) is 10.2 Å². The highest BCUT2D eigenvalue weighted by Crippen LogP contribution is 2.19. The van der Waals surface area contributed by atoms with Gasteiger partial charge in [0.05, 0.1) is 0 Å². The first kappa shape index (κ1) is 14.4. The molecule has 0 saturated carbocycles. The van der Waals surface area contributed by atoms with Gasteiger partial charge in [0.15, 0.2) is 0 Å². The molecule has 5 nitrogen and oxygen atoms in total. The number of nitrogens with zero attached hydrogens (tertiary/aromatic N) is 1. The molecule has 18 heavy (non-hydrogen) atoms. The maximum atomic E-state index is 11.9. The molecule has 2 N–H and O–H groups in total.